The highest BCUT2D eigenvalue weighted by atomic mass is 79.9. The minimum absolute atomic E-state index is 0.206. The summed E-state index contributed by atoms with van der Waals surface area (Å²) >= 11 is 3.61. The second-order valence-electron chi connectivity index (χ2n) is 6.94. The van der Waals surface area contributed by atoms with Crippen LogP contribution in [0.3, 0.4) is 0 Å². The number of fused-ring (bicyclic) bond motifs is 3. The maximum Gasteiger partial charge on any atom is 0.119 e. The molecular weight excluding hydrogens is 362 g/mol. The second kappa shape index (κ2) is 6.29. The monoisotopic (exact) mass is 383 g/mol. The highest BCUT2D eigenvalue weighted by Gasteiger charge is 2.37. The smallest absolute Gasteiger partial charge is 0.119 e. The first-order chi connectivity index (χ1) is 11.6. The van der Waals surface area contributed by atoms with Crippen molar-refractivity contribution in [1.82, 2.24) is 0 Å². The molecule has 0 amide bonds. The minimum Gasteiger partial charge on any atom is -0.491 e. The van der Waals surface area contributed by atoms with Gasteiger partial charge >= 0.3 is 0 Å². The molecule has 3 heteroatoms. The van der Waals surface area contributed by atoms with Gasteiger partial charge in [0.25, 0.3) is 0 Å². The van der Waals surface area contributed by atoms with Crippen LogP contribution in [0.1, 0.15) is 43.4 Å². The zero-order chi connectivity index (χ0) is 16.7. The predicted octanol–water partition coefficient (Wildman–Crippen LogP) is 6.06. The van der Waals surface area contributed by atoms with Crippen LogP contribution in [0.4, 0.5) is 5.69 Å². The molecule has 3 atom stereocenters. The van der Waals surface area contributed by atoms with Crippen molar-refractivity contribution in [3.8, 4) is 5.75 Å². The lowest BCUT2D eigenvalue weighted by Gasteiger charge is -2.37. The molecule has 0 saturated carbocycles. The number of allylic oxidation sites excluding steroid dienone is 2. The van der Waals surface area contributed by atoms with E-state index in [1.54, 1.807) is 0 Å². The highest BCUT2D eigenvalue weighted by molar-refractivity contribution is 9.10. The van der Waals surface area contributed by atoms with Crippen molar-refractivity contribution in [1.29, 1.82) is 0 Å². The molecule has 2 aromatic carbocycles. The van der Waals surface area contributed by atoms with E-state index in [1.807, 2.05) is 0 Å². The van der Waals surface area contributed by atoms with E-state index in [4.69, 9.17) is 4.74 Å². The van der Waals surface area contributed by atoms with Gasteiger partial charge < -0.3 is 10.1 Å². The van der Waals surface area contributed by atoms with Crippen LogP contribution < -0.4 is 10.1 Å². The lowest BCUT2D eigenvalue weighted by molar-refractivity contribution is 0.242. The van der Waals surface area contributed by atoms with Crippen molar-refractivity contribution in [2.45, 2.75) is 38.3 Å². The van der Waals surface area contributed by atoms with Gasteiger partial charge in [-0.3, -0.25) is 0 Å². The zero-order valence-electron chi connectivity index (χ0n) is 14.0. The molecular formula is C21H22BrNO. The normalized spacial score (nSPS) is 24.4. The topological polar surface area (TPSA) is 21.3 Å². The summed E-state index contributed by atoms with van der Waals surface area (Å²) in [7, 11) is 0. The van der Waals surface area contributed by atoms with E-state index in [-0.39, 0.29) is 6.10 Å². The number of anilines is 1. The lowest BCUT2D eigenvalue weighted by atomic mass is 9.77. The van der Waals surface area contributed by atoms with Gasteiger partial charge in [0.05, 0.1) is 12.1 Å². The molecule has 1 N–H and O–H groups in total. The number of ether oxygens (including phenoxy) is 1. The molecule has 124 valence electrons. The molecule has 0 saturated heterocycles. The first-order valence-electron chi connectivity index (χ1n) is 8.61. The van der Waals surface area contributed by atoms with Gasteiger partial charge in [0.2, 0.25) is 0 Å². The maximum absolute atomic E-state index is 5.77. The van der Waals surface area contributed by atoms with E-state index in [2.05, 4.69) is 89.7 Å². The Morgan fingerprint density at radius 2 is 1.92 bits per heavy atom. The van der Waals surface area contributed by atoms with Crippen LogP contribution in [0.25, 0.3) is 0 Å². The third-order valence-electron chi connectivity index (χ3n) is 4.94. The van der Waals surface area contributed by atoms with Gasteiger partial charge in [0, 0.05) is 16.1 Å². The van der Waals surface area contributed by atoms with Crippen LogP contribution >= 0.6 is 15.9 Å². The molecule has 2 aromatic rings. The van der Waals surface area contributed by atoms with Gasteiger partial charge in [-0.25, -0.2) is 0 Å². The Kier molecular flexibility index (Phi) is 4.13. The van der Waals surface area contributed by atoms with E-state index in [0.29, 0.717) is 17.9 Å². The van der Waals surface area contributed by atoms with Gasteiger partial charge in [-0.1, -0.05) is 40.2 Å². The number of halogens is 1. The lowest BCUT2D eigenvalue weighted by Crippen LogP contribution is -2.29. The quantitative estimate of drug-likeness (QED) is 0.649. The molecule has 0 radical (unpaired) electrons. The highest BCUT2D eigenvalue weighted by Crippen LogP contribution is 2.50. The predicted molar refractivity (Wildman–Crippen MR) is 103 cm³/mol. The summed E-state index contributed by atoms with van der Waals surface area (Å²) in [5.74, 6) is 2.01. The summed E-state index contributed by atoms with van der Waals surface area (Å²) in [5, 5.41) is 3.77. The first kappa shape index (κ1) is 15.8. The third-order valence-corrected chi connectivity index (χ3v) is 5.43. The molecule has 24 heavy (non-hydrogen) atoms. The summed E-state index contributed by atoms with van der Waals surface area (Å²) in [6.07, 6.45) is 6.03. The molecule has 0 fully saturated rings. The summed E-state index contributed by atoms with van der Waals surface area (Å²) in [5.41, 5.74) is 3.98. The fraction of sp³-hybridized carbons (Fsp3) is 0.333. The van der Waals surface area contributed by atoms with Crippen LogP contribution in [0.5, 0.6) is 5.75 Å². The molecule has 1 aliphatic heterocycles. The summed E-state index contributed by atoms with van der Waals surface area (Å²) < 4.78 is 6.92. The number of benzene rings is 2. The van der Waals surface area contributed by atoms with Crippen molar-refractivity contribution < 1.29 is 4.74 Å². The van der Waals surface area contributed by atoms with Gasteiger partial charge in [-0.05, 0) is 67.6 Å². The van der Waals surface area contributed by atoms with Crippen molar-refractivity contribution in [2.75, 3.05) is 5.32 Å². The van der Waals surface area contributed by atoms with E-state index < -0.39 is 0 Å². The maximum atomic E-state index is 5.77. The molecule has 2 nitrogen and oxygen atoms in total. The van der Waals surface area contributed by atoms with Crippen LogP contribution in [-0.4, -0.2) is 6.10 Å². The van der Waals surface area contributed by atoms with Crippen LogP contribution in [0.15, 0.2) is 59.1 Å². The van der Waals surface area contributed by atoms with E-state index in [1.165, 1.54) is 16.8 Å². The number of hydrogen-bond donors (Lipinski definition) is 1. The fourth-order valence-electron chi connectivity index (χ4n) is 3.92. The SMILES string of the molecule is CC(C)Oc1ccc([C@@H]2Nc3ccc(Br)cc3[C@@H]3C=CC[C@@H]32)cc1. The zero-order valence-corrected chi connectivity index (χ0v) is 15.6. The first-order valence-corrected chi connectivity index (χ1v) is 9.40. The molecule has 1 aliphatic carbocycles. The van der Waals surface area contributed by atoms with Crippen LogP contribution in [-0.2, 0) is 0 Å². The molecule has 0 aromatic heterocycles. The average Bonchev–Trinajstić information content (AvgIpc) is 3.04. The largest absolute Gasteiger partial charge is 0.491 e. The second-order valence-corrected chi connectivity index (χ2v) is 7.86. The van der Waals surface area contributed by atoms with Crippen molar-refractivity contribution in [2.24, 2.45) is 5.92 Å². The Hall–Kier alpha value is -1.74. The molecule has 2 aliphatic rings. The summed E-state index contributed by atoms with van der Waals surface area (Å²) in [4.78, 5) is 0. The van der Waals surface area contributed by atoms with Gasteiger partial charge in [-0.2, -0.15) is 0 Å². The van der Waals surface area contributed by atoms with E-state index in [9.17, 15) is 0 Å². The van der Waals surface area contributed by atoms with Crippen molar-refractivity contribution >= 4 is 21.6 Å². The Morgan fingerprint density at radius 3 is 2.67 bits per heavy atom. The van der Waals surface area contributed by atoms with Gasteiger partial charge in [0.1, 0.15) is 5.75 Å². The van der Waals surface area contributed by atoms with Crippen LogP contribution in [0.2, 0.25) is 0 Å². The molecule has 4 rings (SSSR count). The van der Waals surface area contributed by atoms with Crippen LogP contribution in [0, 0.1) is 5.92 Å². The Labute approximate surface area is 152 Å². The Balaban J connectivity index is 1.65. The molecule has 0 bridgehead atoms. The fourth-order valence-corrected chi connectivity index (χ4v) is 4.30. The summed E-state index contributed by atoms with van der Waals surface area (Å²) in [6, 6.07) is 15.5. The number of nitrogens with one attached hydrogen (secondary N) is 1. The van der Waals surface area contributed by atoms with Crippen molar-refractivity contribution in [3.63, 3.8) is 0 Å². The van der Waals surface area contributed by atoms with Crippen molar-refractivity contribution in [3.05, 3.63) is 70.2 Å². The Bertz CT molecular complexity index is 766. The summed E-state index contributed by atoms with van der Waals surface area (Å²) in [6.45, 7) is 4.11. The Morgan fingerprint density at radius 1 is 1.12 bits per heavy atom. The number of hydrogen-bond acceptors (Lipinski definition) is 2. The molecule has 1 heterocycles. The average molecular weight is 384 g/mol. The van der Waals surface area contributed by atoms with Gasteiger partial charge in [0.15, 0.2) is 0 Å². The van der Waals surface area contributed by atoms with Gasteiger partial charge in [-0.15, -0.1) is 0 Å². The van der Waals surface area contributed by atoms with E-state index >= 15 is 0 Å². The molecule has 0 spiro atoms. The third kappa shape index (κ3) is 2.86. The number of rotatable bonds is 3. The molecule has 0 unspecified atom stereocenters. The minimum atomic E-state index is 0.206. The van der Waals surface area contributed by atoms with E-state index in [0.717, 1.165) is 16.6 Å². The standard InChI is InChI=1S/C21H22BrNO/c1-13(2)24-16-9-6-14(7-10-16)21-18-5-3-4-17(18)19-12-15(22)8-11-20(19)23-21/h3-4,6-13,17-18,21,23H,5H2,1-2H3/t17-,18+,21+/m1/s1.